The number of para-hydroxylation sites is 1. The number of anilines is 1. The maximum Gasteiger partial charge on any atom is 0.0625 e. The van der Waals surface area contributed by atoms with Gasteiger partial charge in [-0.3, -0.25) is 0 Å². The summed E-state index contributed by atoms with van der Waals surface area (Å²) in [5, 5.41) is 12.0. The third-order valence-electron chi connectivity index (χ3n) is 2.96. The van der Waals surface area contributed by atoms with Crippen molar-refractivity contribution in [3.8, 4) is 6.07 Å². The van der Waals surface area contributed by atoms with Crippen molar-refractivity contribution in [3.05, 3.63) is 29.8 Å². The minimum atomic E-state index is 0.600. The van der Waals surface area contributed by atoms with Crippen molar-refractivity contribution in [1.82, 2.24) is 5.32 Å². The van der Waals surface area contributed by atoms with Gasteiger partial charge in [0.2, 0.25) is 0 Å². The van der Waals surface area contributed by atoms with E-state index in [1.54, 1.807) is 0 Å². The molecule has 0 aromatic heterocycles. The van der Waals surface area contributed by atoms with Gasteiger partial charge in [0, 0.05) is 38.3 Å². The lowest BCUT2D eigenvalue weighted by molar-refractivity contribution is 0.587. The molecule has 16 heavy (non-hydrogen) atoms. The summed E-state index contributed by atoms with van der Waals surface area (Å²) in [4.78, 5) is 2.41. The molecule has 0 saturated carbocycles. The second kappa shape index (κ2) is 5.53. The van der Waals surface area contributed by atoms with Gasteiger partial charge >= 0.3 is 0 Å². The molecule has 1 heterocycles. The molecule has 0 amide bonds. The Balaban J connectivity index is 2.14. The van der Waals surface area contributed by atoms with Gasteiger partial charge < -0.3 is 10.2 Å². The fourth-order valence-corrected chi connectivity index (χ4v) is 2.13. The van der Waals surface area contributed by atoms with Gasteiger partial charge in [0.05, 0.1) is 6.07 Å². The van der Waals surface area contributed by atoms with Crippen LogP contribution in [-0.4, -0.2) is 26.2 Å². The number of nitriles is 1. The van der Waals surface area contributed by atoms with Crippen molar-refractivity contribution in [2.45, 2.75) is 12.8 Å². The first-order chi connectivity index (χ1) is 7.92. The monoisotopic (exact) mass is 215 g/mol. The van der Waals surface area contributed by atoms with E-state index in [-0.39, 0.29) is 0 Å². The molecule has 0 spiro atoms. The van der Waals surface area contributed by atoms with Gasteiger partial charge in [-0.05, 0) is 18.1 Å². The first-order valence-electron chi connectivity index (χ1n) is 5.82. The predicted molar refractivity (Wildman–Crippen MR) is 65.5 cm³/mol. The number of aryl methyl sites for hydroxylation is 1. The molecule has 1 aromatic rings. The van der Waals surface area contributed by atoms with Crippen molar-refractivity contribution >= 4 is 5.69 Å². The lowest BCUT2D eigenvalue weighted by atomic mass is 10.1. The van der Waals surface area contributed by atoms with Crippen LogP contribution in [0.3, 0.4) is 0 Å². The lowest BCUT2D eigenvalue weighted by Crippen LogP contribution is -2.43. The zero-order valence-corrected chi connectivity index (χ0v) is 9.45. The molecule has 1 aromatic carbocycles. The van der Waals surface area contributed by atoms with E-state index in [1.807, 2.05) is 0 Å². The third-order valence-corrected chi connectivity index (χ3v) is 2.96. The van der Waals surface area contributed by atoms with E-state index in [0.717, 1.165) is 32.6 Å². The van der Waals surface area contributed by atoms with E-state index in [4.69, 9.17) is 5.26 Å². The van der Waals surface area contributed by atoms with Gasteiger partial charge in [0.25, 0.3) is 0 Å². The van der Waals surface area contributed by atoms with Crippen LogP contribution in [0.25, 0.3) is 0 Å². The Hall–Kier alpha value is -1.53. The summed E-state index contributed by atoms with van der Waals surface area (Å²) >= 11 is 0. The molecule has 1 saturated heterocycles. The second-order valence-electron chi connectivity index (χ2n) is 4.02. The Labute approximate surface area is 96.7 Å². The Bertz CT molecular complexity index is 375. The molecule has 1 N–H and O–H groups in total. The van der Waals surface area contributed by atoms with E-state index >= 15 is 0 Å². The third kappa shape index (κ3) is 2.53. The summed E-state index contributed by atoms with van der Waals surface area (Å²) in [5.74, 6) is 0. The SMILES string of the molecule is N#CCCc1ccccc1N1CCNCC1. The highest BCUT2D eigenvalue weighted by atomic mass is 15.2. The molecule has 84 valence electrons. The van der Waals surface area contributed by atoms with Crippen LogP contribution >= 0.6 is 0 Å². The molecular formula is C13H17N3. The Morgan fingerprint density at radius 3 is 2.75 bits per heavy atom. The van der Waals surface area contributed by atoms with Crippen LogP contribution in [0.15, 0.2) is 24.3 Å². The molecule has 0 unspecified atom stereocenters. The number of benzene rings is 1. The van der Waals surface area contributed by atoms with Gasteiger partial charge in [-0.1, -0.05) is 18.2 Å². The average molecular weight is 215 g/mol. The van der Waals surface area contributed by atoms with Crippen molar-refractivity contribution < 1.29 is 0 Å². The predicted octanol–water partition coefficient (Wildman–Crippen LogP) is 1.55. The fourth-order valence-electron chi connectivity index (χ4n) is 2.13. The van der Waals surface area contributed by atoms with E-state index < -0.39 is 0 Å². The molecule has 0 bridgehead atoms. The van der Waals surface area contributed by atoms with Crippen molar-refractivity contribution in [1.29, 1.82) is 5.26 Å². The van der Waals surface area contributed by atoms with Gasteiger partial charge in [0.1, 0.15) is 0 Å². The highest BCUT2D eigenvalue weighted by molar-refractivity contribution is 5.54. The summed E-state index contributed by atoms with van der Waals surface area (Å²) in [6.07, 6.45) is 1.46. The maximum atomic E-state index is 8.66. The molecule has 1 aliphatic rings. The fraction of sp³-hybridized carbons (Fsp3) is 0.462. The Morgan fingerprint density at radius 1 is 1.25 bits per heavy atom. The average Bonchev–Trinajstić information content (AvgIpc) is 2.38. The summed E-state index contributed by atoms with van der Waals surface area (Å²) in [6, 6.07) is 10.6. The zero-order valence-electron chi connectivity index (χ0n) is 9.45. The molecule has 2 rings (SSSR count). The molecule has 1 aliphatic heterocycles. The molecule has 0 atom stereocenters. The van der Waals surface area contributed by atoms with Gasteiger partial charge in [-0.15, -0.1) is 0 Å². The second-order valence-corrected chi connectivity index (χ2v) is 4.02. The standard InChI is InChI=1S/C13H17N3/c14-7-3-5-12-4-1-2-6-13(12)16-10-8-15-9-11-16/h1-2,4,6,15H,3,5,8-11H2. The van der Waals surface area contributed by atoms with E-state index in [9.17, 15) is 0 Å². The summed E-state index contributed by atoms with van der Waals surface area (Å²) in [6.45, 7) is 4.21. The minimum Gasteiger partial charge on any atom is -0.369 e. The van der Waals surface area contributed by atoms with E-state index in [1.165, 1.54) is 11.3 Å². The Kier molecular flexibility index (Phi) is 3.79. The molecule has 0 radical (unpaired) electrons. The van der Waals surface area contributed by atoms with Crippen molar-refractivity contribution in [3.63, 3.8) is 0 Å². The largest absolute Gasteiger partial charge is 0.369 e. The number of rotatable bonds is 3. The first-order valence-corrected chi connectivity index (χ1v) is 5.82. The van der Waals surface area contributed by atoms with Crippen LogP contribution in [0, 0.1) is 11.3 Å². The molecular weight excluding hydrogens is 198 g/mol. The van der Waals surface area contributed by atoms with Gasteiger partial charge in [0.15, 0.2) is 0 Å². The summed E-state index contributed by atoms with van der Waals surface area (Å²) in [7, 11) is 0. The highest BCUT2D eigenvalue weighted by Gasteiger charge is 2.12. The van der Waals surface area contributed by atoms with Crippen LogP contribution in [0.2, 0.25) is 0 Å². The smallest absolute Gasteiger partial charge is 0.0625 e. The number of hydrogen-bond donors (Lipinski definition) is 1. The van der Waals surface area contributed by atoms with Crippen LogP contribution < -0.4 is 10.2 Å². The quantitative estimate of drug-likeness (QED) is 0.831. The zero-order chi connectivity index (χ0) is 11.2. The number of piperazine rings is 1. The number of hydrogen-bond acceptors (Lipinski definition) is 3. The van der Waals surface area contributed by atoms with Crippen LogP contribution in [0.1, 0.15) is 12.0 Å². The lowest BCUT2D eigenvalue weighted by Gasteiger charge is -2.31. The summed E-state index contributed by atoms with van der Waals surface area (Å²) < 4.78 is 0. The summed E-state index contributed by atoms with van der Waals surface area (Å²) in [5.41, 5.74) is 2.60. The van der Waals surface area contributed by atoms with Crippen LogP contribution in [-0.2, 0) is 6.42 Å². The topological polar surface area (TPSA) is 39.1 Å². The van der Waals surface area contributed by atoms with Gasteiger partial charge in [-0.2, -0.15) is 5.26 Å². The highest BCUT2D eigenvalue weighted by Crippen LogP contribution is 2.21. The van der Waals surface area contributed by atoms with Crippen molar-refractivity contribution in [2.24, 2.45) is 0 Å². The van der Waals surface area contributed by atoms with E-state index in [2.05, 4.69) is 40.6 Å². The van der Waals surface area contributed by atoms with Gasteiger partial charge in [-0.25, -0.2) is 0 Å². The normalized spacial score (nSPS) is 15.8. The maximum absolute atomic E-state index is 8.66. The van der Waals surface area contributed by atoms with E-state index in [0.29, 0.717) is 6.42 Å². The van der Waals surface area contributed by atoms with Crippen LogP contribution in [0.4, 0.5) is 5.69 Å². The van der Waals surface area contributed by atoms with Crippen LogP contribution in [0.5, 0.6) is 0 Å². The number of nitrogens with one attached hydrogen (secondary N) is 1. The molecule has 3 nitrogen and oxygen atoms in total. The minimum absolute atomic E-state index is 0.600. The molecule has 3 heteroatoms. The van der Waals surface area contributed by atoms with Crippen molar-refractivity contribution in [2.75, 3.05) is 31.1 Å². The molecule has 0 aliphatic carbocycles. The number of nitrogens with zero attached hydrogens (tertiary/aromatic N) is 2. The first kappa shape index (κ1) is 11.0. The molecule has 1 fully saturated rings. The Morgan fingerprint density at radius 2 is 2.00 bits per heavy atom.